The first-order valence-corrected chi connectivity index (χ1v) is 10.8. The van der Waals surface area contributed by atoms with E-state index < -0.39 is 15.8 Å². The Morgan fingerprint density at radius 1 is 1.18 bits per heavy atom. The molecule has 0 bridgehead atoms. The summed E-state index contributed by atoms with van der Waals surface area (Å²) in [4.78, 5) is 26.3. The number of ketones is 1. The molecule has 8 nitrogen and oxygen atoms in total. The van der Waals surface area contributed by atoms with Gasteiger partial charge in [0.1, 0.15) is 0 Å². The molecular formula is C19H21N3O5S. The Bertz CT molecular complexity index is 1020. The highest BCUT2D eigenvalue weighted by atomic mass is 32.2. The van der Waals surface area contributed by atoms with Crippen LogP contribution in [0.5, 0.6) is 0 Å². The van der Waals surface area contributed by atoms with Crippen LogP contribution in [0.4, 0.5) is 0 Å². The van der Waals surface area contributed by atoms with Gasteiger partial charge in [0.25, 0.3) is 0 Å². The summed E-state index contributed by atoms with van der Waals surface area (Å²) >= 11 is 0. The zero-order chi connectivity index (χ0) is 20.1. The van der Waals surface area contributed by atoms with E-state index in [-0.39, 0.29) is 43.5 Å². The maximum absolute atomic E-state index is 12.6. The molecule has 0 saturated carbocycles. The number of hydrogen-bond donors (Lipinski definition) is 0. The smallest absolute Gasteiger partial charge is 0.320 e. The van der Waals surface area contributed by atoms with Crippen molar-refractivity contribution in [2.75, 3.05) is 37.7 Å². The summed E-state index contributed by atoms with van der Waals surface area (Å²) in [6.45, 7) is 0.640. The van der Waals surface area contributed by atoms with E-state index in [1.54, 1.807) is 11.1 Å². The largest absolute Gasteiger partial charge is 0.456 e. The van der Waals surface area contributed by atoms with E-state index in [0.29, 0.717) is 18.5 Å². The van der Waals surface area contributed by atoms with E-state index in [4.69, 9.17) is 10.00 Å². The molecule has 148 valence electrons. The first kappa shape index (κ1) is 20.0. The molecule has 2 heterocycles. The van der Waals surface area contributed by atoms with Gasteiger partial charge in [0.05, 0.1) is 30.5 Å². The monoisotopic (exact) mass is 403 g/mol. The Morgan fingerprint density at radius 3 is 2.61 bits per heavy atom. The normalized spacial score (nSPS) is 16.5. The van der Waals surface area contributed by atoms with Crippen LogP contribution in [0.25, 0.3) is 10.9 Å². The van der Waals surface area contributed by atoms with Gasteiger partial charge < -0.3 is 9.30 Å². The number of nitriles is 1. The Morgan fingerprint density at radius 2 is 1.89 bits per heavy atom. The lowest BCUT2D eigenvalue weighted by Gasteiger charge is -2.25. The van der Waals surface area contributed by atoms with Gasteiger partial charge in [0.15, 0.2) is 16.4 Å². The molecule has 0 unspecified atom stereocenters. The summed E-state index contributed by atoms with van der Waals surface area (Å²) in [5.74, 6) is -0.814. The molecule has 0 aliphatic carbocycles. The molecular weight excluding hydrogens is 382 g/mol. The minimum Gasteiger partial charge on any atom is -0.456 e. The van der Waals surface area contributed by atoms with E-state index >= 15 is 0 Å². The Balaban J connectivity index is 1.60. The van der Waals surface area contributed by atoms with Gasteiger partial charge >= 0.3 is 5.97 Å². The minimum atomic E-state index is -3.01. The lowest BCUT2D eigenvalue weighted by atomic mass is 10.1. The molecule has 28 heavy (non-hydrogen) atoms. The number of aromatic nitrogens is 1. The molecule has 0 N–H and O–H groups in total. The molecule has 0 atom stereocenters. The summed E-state index contributed by atoms with van der Waals surface area (Å²) in [6.07, 6.45) is 2.01. The van der Waals surface area contributed by atoms with Crippen molar-refractivity contribution in [3.8, 4) is 6.07 Å². The van der Waals surface area contributed by atoms with Crippen LogP contribution in [0, 0.1) is 11.3 Å². The van der Waals surface area contributed by atoms with Crippen LogP contribution in [-0.2, 0) is 25.9 Å². The van der Waals surface area contributed by atoms with E-state index in [1.807, 2.05) is 28.8 Å². The van der Waals surface area contributed by atoms with Crippen molar-refractivity contribution >= 4 is 32.5 Å². The molecule has 3 rings (SSSR count). The van der Waals surface area contributed by atoms with Crippen LogP contribution in [0.1, 0.15) is 16.8 Å². The van der Waals surface area contributed by atoms with E-state index in [1.165, 1.54) is 0 Å². The number of esters is 1. The van der Waals surface area contributed by atoms with Crippen LogP contribution in [0.3, 0.4) is 0 Å². The zero-order valence-electron chi connectivity index (χ0n) is 15.3. The first-order chi connectivity index (χ1) is 13.4. The van der Waals surface area contributed by atoms with E-state index in [9.17, 15) is 18.0 Å². The molecule has 2 aromatic rings. The van der Waals surface area contributed by atoms with Gasteiger partial charge in [0.2, 0.25) is 5.78 Å². The lowest BCUT2D eigenvalue weighted by molar-refractivity contribution is -0.143. The van der Waals surface area contributed by atoms with Gasteiger partial charge in [-0.2, -0.15) is 5.26 Å². The number of benzene rings is 1. The maximum Gasteiger partial charge on any atom is 0.320 e. The SMILES string of the molecule is N#CCCn1cc(C(=O)COC(=O)CN2CCS(=O)(=O)CC2)c2ccccc21. The van der Waals surface area contributed by atoms with Crippen LogP contribution in [-0.4, -0.2) is 67.4 Å². The van der Waals surface area contributed by atoms with Gasteiger partial charge in [0, 0.05) is 42.3 Å². The Hall–Kier alpha value is -2.70. The fourth-order valence-electron chi connectivity index (χ4n) is 3.18. The first-order valence-electron chi connectivity index (χ1n) is 8.96. The number of para-hydroxylation sites is 1. The third-order valence-electron chi connectivity index (χ3n) is 4.71. The average Bonchev–Trinajstić information content (AvgIpc) is 3.05. The summed E-state index contributed by atoms with van der Waals surface area (Å²) in [6, 6.07) is 9.46. The fraction of sp³-hybridized carbons (Fsp3) is 0.421. The number of sulfone groups is 1. The summed E-state index contributed by atoms with van der Waals surface area (Å²) < 4.78 is 29.8. The second-order valence-electron chi connectivity index (χ2n) is 6.67. The Labute approximate surface area is 163 Å². The van der Waals surface area contributed by atoms with Crippen molar-refractivity contribution in [1.29, 1.82) is 5.26 Å². The number of aryl methyl sites for hydroxylation is 1. The van der Waals surface area contributed by atoms with E-state index in [2.05, 4.69) is 6.07 Å². The molecule has 1 aliphatic heterocycles. The van der Waals surface area contributed by atoms with Crippen molar-refractivity contribution in [1.82, 2.24) is 9.47 Å². The second kappa shape index (κ2) is 8.54. The van der Waals surface area contributed by atoms with Crippen molar-refractivity contribution < 1.29 is 22.7 Å². The minimum absolute atomic E-state index is 0.0292. The van der Waals surface area contributed by atoms with Gasteiger partial charge in [-0.15, -0.1) is 0 Å². The second-order valence-corrected chi connectivity index (χ2v) is 8.98. The standard InChI is InChI=1S/C19H21N3O5S/c20-6-3-7-22-12-16(15-4-1-2-5-17(15)22)18(23)14-27-19(24)13-21-8-10-28(25,26)11-9-21/h1-2,4-5,12H,3,7-11,13-14H2. The molecule has 0 spiro atoms. The summed E-state index contributed by atoms with van der Waals surface area (Å²) in [5.41, 5.74) is 1.30. The molecule has 9 heteroatoms. The van der Waals surface area contributed by atoms with Crippen LogP contribution >= 0.6 is 0 Å². The van der Waals surface area contributed by atoms with Crippen molar-refractivity contribution in [3.63, 3.8) is 0 Å². The Kier molecular flexibility index (Phi) is 6.11. The summed E-state index contributed by atoms with van der Waals surface area (Å²) in [7, 11) is -3.01. The van der Waals surface area contributed by atoms with Crippen LogP contribution in [0.15, 0.2) is 30.5 Å². The highest BCUT2D eigenvalue weighted by Gasteiger charge is 2.24. The molecule has 1 fully saturated rings. The van der Waals surface area contributed by atoms with Gasteiger partial charge in [-0.1, -0.05) is 18.2 Å². The zero-order valence-corrected chi connectivity index (χ0v) is 16.2. The fourth-order valence-corrected chi connectivity index (χ4v) is 4.46. The molecule has 0 radical (unpaired) electrons. The molecule has 1 aliphatic rings. The summed E-state index contributed by atoms with van der Waals surface area (Å²) in [5, 5.41) is 9.55. The maximum atomic E-state index is 12.6. The van der Waals surface area contributed by atoms with Crippen LogP contribution < -0.4 is 0 Å². The topological polar surface area (TPSA) is 109 Å². The number of nitrogens with zero attached hydrogens (tertiary/aromatic N) is 3. The number of carbonyl (C=O) groups is 2. The molecule has 1 saturated heterocycles. The highest BCUT2D eigenvalue weighted by molar-refractivity contribution is 7.91. The number of carbonyl (C=O) groups excluding carboxylic acids is 2. The van der Waals surface area contributed by atoms with Crippen LogP contribution in [0.2, 0.25) is 0 Å². The van der Waals surface area contributed by atoms with Crippen molar-refractivity contribution in [2.45, 2.75) is 13.0 Å². The van der Waals surface area contributed by atoms with Gasteiger partial charge in [-0.3, -0.25) is 14.5 Å². The molecule has 1 aromatic heterocycles. The predicted molar refractivity (Wildman–Crippen MR) is 103 cm³/mol. The molecule has 1 aromatic carbocycles. The lowest BCUT2D eigenvalue weighted by Crippen LogP contribution is -2.43. The van der Waals surface area contributed by atoms with Gasteiger partial charge in [-0.25, -0.2) is 8.42 Å². The third kappa shape index (κ3) is 4.77. The van der Waals surface area contributed by atoms with E-state index in [0.717, 1.165) is 10.9 Å². The third-order valence-corrected chi connectivity index (χ3v) is 6.32. The predicted octanol–water partition coefficient (Wildman–Crippen LogP) is 1.01. The van der Waals surface area contributed by atoms with Crippen molar-refractivity contribution in [3.05, 3.63) is 36.0 Å². The quantitative estimate of drug-likeness (QED) is 0.501. The average molecular weight is 403 g/mol. The molecule has 0 amide bonds. The number of rotatable bonds is 7. The van der Waals surface area contributed by atoms with Crippen molar-refractivity contribution in [2.24, 2.45) is 0 Å². The number of ether oxygens (including phenoxy) is 1. The number of Topliss-reactive ketones (excluding diaryl/α,β-unsaturated/α-hetero) is 1. The van der Waals surface area contributed by atoms with Gasteiger partial charge in [-0.05, 0) is 6.07 Å². The number of hydrogen-bond acceptors (Lipinski definition) is 7. The highest BCUT2D eigenvalue weighted by Crippen LogP contribution is 2.22. The number of fused-ring (bicyclic) bond motifs is 1.